The molecule has 0 spiro atoms. The van der Waals surface area contributed by atoms with Crippen molar-refractivity contribution in [1.29, 1.82) is 0 Å². The van der Waals surface area contributed by atoms with Crippen molar-refractivity contribution >= 4 is 12.0 Å². The summed E-state index contributed by atoms with van der Waals surface area (Å²) in [5, 5.41) is 12.2. The Labute approximate surface area is 113 Å². The Hall–Kier alpha value is -1.26. The molecule has 2 heterocycles. The summed E-state index contributed by atoms with van der Waals surface area (Å²) >= 11 is 0. The summed E-state index contributed by atoms with van der Waals surface area (Å²) in [6, 6.07) is 0.00127. The number of nitrogens with one attached hydrogen (secondary N) is 1. The van der Waals surface area contributed by atoms with Gasteiger partial charge >= 0.3 is 12.0 Å². The summed E-state index contributed by atoms with van der Waals surface area (Å²) in [6.07, 6.45) is 6.04. The fourth-order valence-corrected chi connectivity index (χ4v) is 3.91. The number of carbonyl (C=O) groups excluding carboxylic acids is 1. The van der Waals surface area contributed by atoms with Gasteiger partial charge in [0, 0.05) is 18.6 Å². The molecule has 2 N–H and O–H groups in total. The number of fused-ring (bicyclic) bond motifs is 2. The standard InChI is InChI=1S/C14H22N2O3/c1-14(5-2-6-14)8-15-13(19)16-9-3-4-11(16)10(7-9)12(17)18/h9-11H,2-8H2,1H3,(H,15,19)(H,17,18). The van der Waals surface area contributed by atoms with E-state index in [1.165, 1.54) is 19.3 Å². The van der Waals surface area contributed by atoms with Crippen LogP contribution in [0.25, 0.3) is 0 Å². The van der Waals surface area contributed by atoms with Gasteiger partial charge < -0.3 is 15.3 Å². The monoisotopic (exact) mass is 266 g/mol. The Bertz CT molecular complexity index is 405. The number of rotatable bonds is 3. The van der Waals surface area contributed by atoms with Crippen LogP contribution in [-0.2, 0) is 4.79 Å². The summed E-state index contributed by atoms with van der Waals surface area (Å²) in [5.41, 5.74) is 0.265. The second-order valence-corrected chi connectivity index (χ2v) is 6.71. The molecule has 3 unspecified atom stereocenters. The molecule has 0 aromatic carbocycles. The number of hydrogen-bond acceptors (Lipinski definition) is 2. The van der Waals surface area contributed by atoms with Gasteiger partial charge in [0.2, 0.25) is 0 Å². The van der Waals surface area contributed by atoms with Crippen LogP contribution >= 0.6 is 0 Å². The van der Waals surface area contributed by atoms with Gasteiger partial charge in [-0.3, -0.25) is 4.79 Å². The van der Waals surface area contributed by atoms with E-state index < -0.39 is 5.97 Å². The molecule has 3 rings (SSSR count). The van der Waals surface area contributed by atoms with E-state index in [1.807, 2.05) is 0 Å². The first-order valence-electron chi connectivity index (χ1n) is 7.29. The predicted molar refractivity (Wildman–Crippen MR) is 69.7 cm³/mol. The van der Waals surface area contributed by atoms with Crippen LogP contribution in [0.1, 0.15) is 45.4 Å². The summed E-state index contributed by atoms with van der Waals surface area (Å²) in [4.78, 5) is 25.3. The van der Waals surface area contributed by atoms with Crippen LogP contribution in [0.2, 0.25) is 0 Å². The number of carboxylic acid groups (broad SMARTS) is 1. The molecule has 3 aliphatic rings. The second-order valence-electron chi connectivity index (χ2n) is 6.71. The number of hydrogen-bond donors (Lipinski definition) is 2. The number of amides is 2. The third-order valence-electron chi connectivity index (χ3n) is 5.32. The van der Waals surface area contributed by atoms with Crippen molar-refractivity contribution in [2.45, 2.75) is 57.5 Å². The lowest BCUT2D eigenvalue weighted by atomic mass is 9.70. The maximum atomic E-state index is 12.3. The smallest absolute Gasteiger partial charge is 0.317 e. The molecule has 3 atom stereocenters. The molecule has 0 aromatic rings. The third kappa shape index (κ3) is 2.09. The van der Waals surface area contributed by atoms with E-state index in [-0.39, 0.29) is 29.4 Å². The first kappa shape index (κ1) is 12.8. The van der Waals surface area contributed by atoms with Gasteiger partial charge in [0.25, 0.3) is 0 Å². The summed E-state index contributed by atoms with van der Waals surface area (Å²) < 4.78 is 0. The van der Waals surface area contributed by atoms with Gasteiger partial charge in [-0.05, 0) is 37.5 Å². The first-order chi connectivity index (χ1) is 9.00. The van der Waals surface area contributed by atoms with Crippen LogP contribution in [0.15, 0.2) is 0 Å². The molecule has 2 amide bonds. The summed E-state index contributed by atoms with van der Waals surface area (Å²) in [6.45, 7) is 2.93. The molecule has 19 heavy (non-hydrogen) atoms. The third-order valence-corrected chi connectivity index (χ3v) is 5.32. The zero-order valence-electron chi connectivity index (χ0n) is 11.4. The minimum absolute atomic E-state index is 0.0515. The van der Waals surface area contributed by atoms with Crippen LogP contribution in [0.4, 0.5) is 4.79 Å². The van der Waals surface area contributed by atoms with Gasteiger partial charge in [-0.2, -0.15) is 0 Å². The Morgan fingerprint density at radius 2 is 2.11 bits per heavy atom. The van der Waals surface area contributed by atoms with Crippen molar-refractivity contribution in [3.63, 3.8) is 0 Å². The Kier molecular flexibility index (Phi) is 2.95. The zero-order valence-corrected chi connectivity index (χ0v) is 11.4. The van der Waals surface area contributed by atoms with Gasteiger partial charge in [-0.1, -0.05) is 13.3 Å². The van der Waals surface area contributed by atoms with Gasteiger partial charge in [-0.15, -0.1) is 0 Å². The lowest BCUT2D eigenvalue weighted by molar-refractivity contribution is -0.142. The minimum Gasteiger partial charge on any atom is -0.481 e. The van der Waals surface area contributed by atoms with Crippen LogP contribution in [0.3, 0.4) is 0 Å². The summed E-state index contributed by atoms with van der Waals surface area (Å²) in [7, 11) is 0. The first-order valence-corrected chi connectivity index (χ1v) is 7.29. The lowest BCUT2D eigenvalue weighted by Gasteiger charge is -2.39. The second kappa shape index (κ2) is 4.39. The SMILES string of the molecule is CC1(CNC(=O)N2C3CCC2C(C(=O)O)C3)CCC1. The van der Waals surface area contributed by atoms with E-state index in [4.69, 9.17) is 0 Å². The number of urea groups is 1. The van der Waals surface area contributed by atoms with Crippen molar-refractivity contribution in [3.05, 3.63) is 0 Å². The van der Waals surface area contributed by atoms with Crippen molar-refractivity contribution in [3.8, 4) is 0 Å². The molecule has 2 aliphatic heterocycles. The largest absolute Gasteiger partial charge is 0.481 e. The van der Waals surface area contributed by atoms with E-state index >= 15 is 0 Å². The number of nitrogens with zero attached hydrogens (tertiary/aromatic N) is 1. The van der Waals surface area contributed by atoms with Crippen LogP contribution in [0.5, 0.6) is 0 Å². The predicted octanol–water partition coefficient (Wildman–Crippen LogP) is 1.82. The number of aliphatic carboxylic acids is 1. The highest BCUT2D eigenvalue weighted by Crippen LogP contribution is 2.42. The Balaban J connectivity index is 1.60. The molecule has 1 saturated carbocycles. The quantitative estimate of drug-likeness (QED) is 0.818. The van der Waals surface area contributed by atoms with Crippen LogP contribution in [-0.4, -0.2) is 40.6 Å². The van der Waals surface area contributed by atoms with Crippen molar-refractivity contribution in [2.24, 2.45) is 11.3 Å². The van der Waals surface area contributed by atoms with Crippen molar-refractivity contribution < 1.29 is 14.7 Å². The van der Waals surface area contributed by atoms with E-state index in [2.05, 4.69) is 12.2 Å². The molecule has 3 fully saturated rings. The molecule has 106 valence electrons. The Morgan fingerprint density at radius 1 is 1.37 bits per heavy atom. The zero-order chi connectivity index (χ0) is 13.6. The van der Waals surface area contributed by atoms with Gasteiger partial charge in [0.15, 0.2) is 0 Å². The average Bonchev–Trinajstić information content (AvgIpc) is 2.91. The fraction of sp³-hybridized carbons (Fsp3) is 0.857. The molecule has 1 aliphatic carbocycles. The normalized spacial score (nSPS) is 35.0. The molecular weight excluding hydrogens is 244 g/mol. The molecule has 2 saturated heterocycles. The topological polar surface area (TPSA) is 69.6 Å². The number of carboxylic acids is 1. The van der Waals surface area contributed by atoms with Gasteiger partial charge in [0.1, 0.15) is 0 Å². The van der Waals surface area contributed by atoms with Gasteiger partial charge in [0.05, 0.1) is 5.92 Å². The fourth-order valence-electron chi connectivity index (χ4n) is 3.91. The number of carbonyl (C=O) groups is 2. The highest BCUT2D eigenvalue weighted by atomic mass is 16.4. The molecule has 0 radical (unpaired) electrons. The average molecular weight is 266 g/mol. The van der Waals surface area contributed by atoms with E-state index in [0.29, 0.717) is 6.42 Å². The van der Waals surface area contributed by atoms with Crippen molar-refractivity contribution in [2.75, 3.05) is 6.54 Å². The van der Waals surface area contributed by atoms with Crippen molar-refractivity contribution in [1.82, 2.24) is 10.2 Å². The molecule has 2 bridgehead atoms. The molecule has 0 aromatic heterocycles. The maximum Gasteiger partial charge on any atom is 0.317 e. The maximum absolute atomic E-state index is 12.3. The highest BCUT2D eigenvalue weighted by molar-refractivity contribution is 5.79. The van der Waals surface area contributed by atoms with Gasteiger partial charge in [-0.25, -0.2) is 4.79 Å². The molecule has 5 nitrogen and oxygen atoms in total. The minimum atomic E-state index is -0.754. The van der Waals surface area contributed by atoms with E-state index in [0.717, 1.165) is 19.4 Å². The van der Waals surface area contributed by atoms with Crippen LogP contribution in [0, 0.1) is 11.3 Å². The van der Waals surface area contributed by atoms with E-state index in [1.54, 1.807) is 4.90 Å². The Morgan fingerprint density at radius 3 is 2.63 bits per heavy atom. The summed E-state index contributed by atoms with van der Waals surface area (Å²) in [5.74, 6) is -1.11. The van der Waals surface area contributed by atoms with Crippen LogP contribution < -0.4 is 5.32 Å². The van der Waals surface area contributed by atoms with E-state index in [9.17, 15) is 14.7 Å². The molecule has 5 heteroatoms. The lowest BCUT2D eigenvalue weighted by Crippen LogP contribution is -2.48. The molecular formula is C14H22N2O3. The highest BCUT2D eigenvalue weighted by Gasteiger charge is 2.51.